The van der Waals surface area contributed by atoms with Gasteiger partial charge in [-0.2, -0.15) is 13.2 Å². The summed E-state index contributed by atoms with van der Waals surface area (Å²) in [6.45, 7) is 1.13. The lowest BCUT2D eigenvalue weighted by molar-refractivity contribution is -0.154. The van der Waals surface area contributed by atoms with Crippen LogP contribution in [0.3, 0.4) is 0 Å². The zero-order chi connectivity index (χ0) is 16.2. The number of nitrogens with zero attached hydrogens (tertiary/aromatic N) is 2. The van der Waals surface area contributed by atoms with E-state index in [4.69, 9.17) is 5.73 Å². The minimum absolute atomic E-state index is 0.138. The highest BCUT2D eigenvalue weighted by Gasteiger charge is 2.28. The molecule has 0 aliphatic carbocycles. The van der Waals surface area contributed by atoms with E-state index >= 15 is 0 Å². The number of nitrogens with two attached hydrogens (primary N) is 1. The lowest BCUT2D eigenvalue weighted by Gasteiger charge is -2.24. The summed E-state index contributed by atoms with van der Waals surface area (Å²) in [7, 11) is 0. The molecule has 0 radical (unpaired) electrons. The molecule has 1 fully saturated rings. The Morgan fingerprint density at radius 1 is 1.32 bits per heavy atom. The van der Waals surface area contributed by atoms with E-state index in [1.807, 2.05) is 0 Å². The van der Waals surface area contributed by atoms with Crippen molar-refractivity contribution in [3.05, 3.63) is 23.9 Å². The standard InChI is InChI=1S/C14H20F3N3O2/c15-14(16,17)9-22-12-4-3-10(7-19-12)13(21)11(18)8-20-5-1-2-6-20/h3-4,7,11,13,21H,1-2,5-6,8-9,18H2. The van der Waals surface area contributed by atoms with E-state index in [1.165, 1.54) is 18.3 Å². The van der Waals surface area contributed by atoms with E-state index in [0.29, 0.717) is 12.1 Å². The number of hydrogen-bond acceptors (Lipinski definition) is 5. The highest BCUT2D eigenvalue weighted by Crippen LogP contribution is 2.21. The Labute approximate surface area is 126 Å². The number of pyridine rings is 1. The third kappa shape index (κ3) is 5.11. The van der Waals surface area contributed by atoms with E-state index in [-0.39, 0.29) is 5.88 Å². The van der Waals surface area contributed by atoms with Crippen molar-refractivity contribution in [1.82, 2.24) is 9.88 Å². The Bertz CT molecular complexity index is 461. The van der Waals surface area contributed by atoms with Crippen LogP contribution in [0, 0.1) is 0 Å². The first-order valence-corrected chi connectivity index (χ1v) is 7.16. The van der Waals surface area contributed by atoms with Crippen molar-refractivity contribution >= 4 is 0 Å². The van der Waals surface area contributed by atoms with Gasteiger partial charge in [-0.15, -0.1) is 0 Å². The first-order chi connectivity index (χ1) is 10.3. The number of likely N-dealkylation sites (tertiary alicyclic amines) is 1. The molecule has 1 aromatic rings. The fraction of sp³-hybridized carbons (Fsp3) is 0.643. The molecule has 0 saturated carbocycles. The van der Waals surface area contributed by atoms with Gasteiger partial charge < -0.3 is 20.5 Å². The van der Waals surface area contributed by atoms with Crippen molar-refractivity contribution < 1.29 is 23.0 Å². The van der Waals surface area contributed by atoms with E-state index in [2.05, 4.69) is 14.6 Å². The summed E-state index contributed by atoms with van der Waals surface area (Å²) in [6.07, 6.45) is -1.76. The predicted molar refractivity (Wildman–Crippen MR) is 74.4 cm³/mol. The second kappa shape index (κ2) is 7.26. The average molecular weight is 319 g/mol. The fourth-order valence-corrected chi connectivity index (χ4v) is 2.42. The highest BCUT2D eigenvalue weighted by atomic mass is 19.4. The Kier molecular flexibility index (Phi) is 5.60. The van der Waals surface area contributed by atoms with Gasteiger partial charge in [0, 0.05) is 30.4 Å². The van der Waals surface area contributed by atoms with Crippen LogP contribution in [0.2, 0.25) is 0 Å². The largest absolute Gasteiger partial charge is 0.468 e. The van der Waals surface area contributed by atoms with Crippen LogP contribution in [0.4, 0.5) is 13.2 Å². The molecule has 124 valence electrons. The van der Waals surface area contributed by atoms with Crippen molar-refractivity contribution in [3.8, 4) is 5.88 Å². The van der Waals surface area contributed by atoms with E-state index in [0.717, 1.165) is 25.9 Å². The maximum Gasteiger partial charge on any atom is 0.422 e. The van der Waals surface area contributed by atoms with Gasteiger partial charge >= 0.3 is 6.18 Å². The van der Waals surface area contributed by atoms with Gasteiger partial charge in [-0.1, -0.05) is 0 Å². The van der Waals surface area contributed by atoms with Gasteiger partial charge in [0.1, 0.15) is 0 Å². The summed E-state index contributed by atoms with van der Waals surface area (Å²) < 4.78 is 40.6. The molecule has 3 N–H and O–H groups in total. The van der Waals surface area contributed by atoms with Crippen LogP contribution >= 0.6 is 0 Å². The number of aromatic nitrogens is 1. The molecule has 1 aliphatic heterocycles. The zero-order valence-corrected chi connectivity index (χ0v) is 12.1. The quantitative estimate of drug-likeness (QED) is 0.831. The van der Waals surface area contributed by atoms with E-state index < -0.39 is 24.9 Å². The van der Waals surface area contributed by atoms with Gasteiger partial charge in [0.2, 0.25) is 5.88 Å². The number of rotatable bonds is 6. The lowest BCUT2D eigenvalue weighted by Crippen LogP contribution is -2.40. The van der Waals surface area contributed by atoms with Crippen LogP contribution in [-0.4, -0.2) is 53.4 Å². The van der Waals surface area contributed by atoms with Crippen molar-refractivity contribution in [2.45, 2.75) is 31.2 Å². The molecule has 0 bridgehead atoms. The first kappa shape index (κ1) is 17.0. The molecule has 22 heavy (non-hydrogen) atoms. The predicted octanol–water partition coefficient (Wildman–Crippen LogP) is 1.48. The minimum Gasteiger partial charge on any atom is -0.468 e. The SMILES string of the molecule is NC(CN1CCCC1)C(O)c1ccc(OCC(F)(F)F)nc1. The maximum absolute atomic E-state index is 12.0. The molecule has 2 heterocycles. The van der Waals surface area contributed by atoms with Gasteiger partial charge in [-0.3, -0.25) is 0 Å². The van der Waals surface area contributed by atoms with Crippen LogP contribution in [0.1, 0.15) is 24.5 Å². The molecule has 1 aliphatic rings. The molecule has 2 rings (SSSR count). The average Bonchev–Trinajstić information content (AvgIpc) is 2.97. The van der Waals surface area contributed by atoms with E-state index in [9.17, 15) is 18.3 Å². The smallest absolute Gasteiger partial charge is 0.422 e. The third-order valence-corrected chi connectivity index (χ3v) is 3.56. The summed E-state index contributed by atoms with van der Waals surface area (Å²) in [4.78, 5) is 5.95. The molecule has 0 spiro atoms. The molecule has 1 aromatic heterocycles. The molecule has 2 unspecified atom stereocenters. The summed E-state index contributed by atoms with van der Waals surface area (Å²) in [6, 6.07) is 2.31. The molecule has 1 saturated heterocycles. The fourth-order valence-electron chi connectivity index (χ4n) is 2.42. The molecule has 2 atom stereocenters. The van der Waals surface area contributed by atoms with Crippen LogP contribution in [0.25, 0.3) is 0 Å². The van der Waals surface area contributed by atoms with Crippen LogP contribution in [0.15, 0.2) is 18.3 Å². The Morgan fingerprint density at radius 2 is 2.00 bits per heavy atom. The Hall–Kier alpha value is -1.38. The van der Waals surface area contributed by atoms with Crippen molar-refractivity contribution in [1.29, 1.82) is 0 Å². The van der Waals surface area contributed by atoms with Crippen LogP contribution in [-0.2, 0) is 0 Å². The zero-order valence-electron chi connectivity index (χ0n) is 12.1. The van der Waals surface area contributed by atoms with Crippen LogP contribution < -0.4 is 10.5 Å². The van der Waals surface area contributed by atoms with Crippen LogP contribution in [0.5, 0.6) is 5.88 Å². The number of aliphatic hydroxyl groups is 1. The van der Waals surface area contributed by atoms with Gasteiger partial charge in [-0.25, -0.2) is 4.98 Å². The second-order valence-electron chi connectivity index (χ2n) is 5.45. The Balaban J connectivity index is 1.88. The van der Waals surface area contributed by atoms with Gasteiger partial charge in [0.05, 0.1) is 6.10 Å². The number of aliphatic hydroxyl groups excluding tert-OH is 1. The molecule has 5 nitrogen and oxygen atoms in total. The number of hydrogen-bond donors (Lipinski definition) is 2. The topological polar surface area (TPSA) is 71.6 Å². The second-order valence-corrected chi connectivity index (χ2v) is 5.45. The first-order valence-electron chi connectivity index (χ1n) is 7.16. The minimum atomic E-state index is -4.40. The third-order valence-electron chi connectivity index (χ3n) is 3.56. The Morgan fingerprint density at radius 3 is 2.55 bits per heavy atom. The van der Waals surface area contributed by atoms with Gasteiger partial charge in [0.25, 0.3) is 0 Å². The summed E-state index contributed by atoms with van der Waals surface area (Å²) in [5.41, 5.74) is 6.45. The van der Waals surface area contributed by atoms with Crippen molar-refractivity contribution in [2.24, 2.45) is 5.73 Å². The van der Waals surface area contributed by atoms with Crippen molar-refractivity contribution in [3.63, 3.8) is 0 Å². The normalized spacial score (nSPS) is 19.1. The number of alkyl halides is 3. The van der Waals surface area contributed by atoms with E-state index in [1.54, 1.807) is 0 Å². The number of ether oxygens (including phenoxy) is 1. The molecular formula is C14H20F3N3O2. The summed E-state index contributed by atoms with van der Waals surface area (Å²) in [5.74, 6) is -0.138. The van der Waals surface area contributed by atoms with Crippen molar-refractivity contribution in [2.75, 3.05) is 26.2 Å². The maximum atomic E-state index is 12.0. The summed E-state index contributed by atoms with van der Waals surface area (Å²) >= 11 is 0. The molecular weight excluding hydrogens is 299 g/mol. The van der Waals surface area contributed by atoms with Gasteiger partial charge in [-0.05, 0) is 32.0 Å². The molecule has 0 aromatic carbocycles. The molecule has 8 heteroatoms. The lowest BCUT2D eigenvalue weighted by atomic mass is 10.0. The highest BCUT2D eigenvalue weighted by molar-refractivity contribution is 5.21. The number of halogens is 3. The molecule has 0 amide bonds. The van der Waals surface area contributed by atoms with Gasteiger partial charge in [0.15, 0.2) is 6.61 Å². The monoisotopic (exact) mass is 319 g/mol. The summed E-state index contributed by atoms with van der Waals surface area (Å²) in [5, 5.41) is 10.2.